The fourth-order valence-electron chi connectivity index (χ4n) is 2.27. The fourth-order valence-corrected chi connectivity index (χ4v) is 2.43. The number of nitrogen functional groups attached to an aromatic ring is 1. The van der Waals surface area contributed by atoms with Crippen molar-refractivity contribution in [1.29, 1.82) is 5.41 Å². The Morgan fingerprint density at radius 3 is 3.00 bits per heavy atom. The molecule has 3 N–H and O–H groups in total. The molecule has 2 heterocycles. The van der Waals surface area contributed by atoms with Crippen molar-refractivity contribution >= 4 is 23.1 Å². The number of aromatic nitrogens is 3. The highest BCUT2D eigenvalue weighted by Crippen LogP contribution is 2.27. The Bertz CT molecular complexity index is 635. The molecule has 0 unspecified atom stereocenters. The summed E-state index contributed by atoms with van der Waals surface area (Å²) >= 11 is 6.05. The minimum atomic E-state index is 0.0405. The van der Waals surface area contributed by atoms with Gasteiger partial charge in [0.15, 0.2) is 5.82 Å². The molecular formula is C12H13ClN6. The second kappa shape index (κ2) is 4.55. The number of nitrogens with zero attached hydrogens (tertiary/aromatic N) is 4. The quantitative estimate of drug-likeness (QED) is 0.638. The van der Waals surface area contributed by atoms with E-state index in [0.29, 0.717) is 17.1 Å². The summed E-state index contributed by atoms with van der Waals surface area (Å²) in [7, 11) is 0. The Balaban J connectivity index is 1.99. The van der Waals surface area contributed by atoms with Gasteiger partial charge in [0.05, 0.1) is 6.54 Å². The van der Waals surface area contributed by atoms with Crippen LogP contribution in [0.3, 0.4) is 0 Å². The molecule has 1 aromatic carbocycles. The van der Waals surface area contributed by atoms with Crippen LogP contribution in [0, 0.1) is 5.41 Å². The largest absolute Gasteiger partial charge is 0.384 e. The van der Waals surface area contributed by atoms with Gasteiger partial charge in [-0.25, -0.2) is 0 Å². The molecule has 0 saturated heterocycles. The summed E-state index contributed by atoms with van der Waals surface area (Å²) in [6.07, 6.45) is 1.73. The standard InChI is InChI=1S/C12H13ClN6/c13-8-1-2-9(12(14)15)10(5-8)18-3-4-19-7-16-17-11(19)6-18/h1-2,5,7H,3-4,6H2,(H3,14,15). The monoisotopic (exact) mass is 276 g/mol. The zero-order chi connectivity index (χ0) is 13.4. The minimum Gasteiger partial charge on any atom is -0.384 e. The summed E-state index contributed by atoms with van der Waals surface area (Å²) in [5, 5.41) is 16.3. The average molecular weight is 277 g/mol. The van der Waals surface area contributed by atoms with Crippen molar-refractivity contribution in [2.75, 3.05) is 11.4 Å². The van der Waals surface area contributed by atoms with Gasteiger partial charge >= 0.3 is 0 Å². The van der Waals surface area contributed by atoms with Crippen LogP contribution in [0.2, 0.25) is 5.02 Å². The lowest BCUT2D eigenvalue weighted by Crippen LogP contribution is -2.35. The van der Waals surface area contributed by atoms with Crippen LogP contribution in [0.4, 0.5) is 5.69 Å². The first-order chi connectivity index (χ1) is 9.15. The molecule has 1 aliphatic rings. The molecule has 1 aromatic heterocycles. The molecule has 0 fully saturated rings. The molecule has 2 aromatic rings. The molecule has 1 aliphatic heterocycles. The van der Waals surface area contributed by atoms with Gasteiger partial charge in [-0.2, -0.15) is 0 Å². The van der Waals surface area contributed by atoms with E-state index in [1.165, 1.54) is 0 Å². The number of halogens is 1. The third-order valence-electron chi connectivity index (χ3n) is 3.23. The van der Waals surface area contributed by atoms with Crippen molar-refractivity contribution in [3.8, 4) is 0 Å². The van der Waals surface area contributed by atoms with Crippen molar-refractivity contribution in [1.82, 2.24) is 14.8 Å². The highest BCUT2D eigenvalue weighted by atomic mass is 35.5. The lowest BCUT2D eigenvalue weighted by atomic mass is 10.1. The second-order valence-corrected chi connectivity index (χ2v) is 4.87. The normalized spacial score (nSPS) is 14.3. The topological polar surface area (TPSA) is 83.8 Å². The van der Waals surface area contributed by atoms with Crippen LogP contribution in [-0.4, -0.2) is 27.1 Å². The van der Waals surface area contributed by atoms with Gasteiger partial charge in [-0.1, -0.05) is 11.6 Å². The van der Waals surface area contributed by atoms with E-state index >= 15 is 0 Å². The number of anilines is 1. The van der Waals surface area contributed by atoms with Crippen LogP contribution < -0.4 is 10.6 Å². The molecule has 3 rings (SSSR count). The summed E-state index contributed by atoms with van der Waals surface area (Å²) in [5.74, 6) is 0.944. The molecule has 6 nitrogen and oxygen atoms in total. The van der Waals surface area contributed by atoms with E-state index in [1.54, 1.807) is 18.5 Å². The molecule has 0 amide bonds. The molecule has 19 heavy (non-hydrogen) atoms. The average Bonchev–Trinajstić information content (AvgIpc) is 2.85. The predicted molar refractivity (Wildman–Crippen MR) is 73.5 cm³/mol. The number of nitrogens with two attached hydrogens (primary N) is 1. The van der Waals surface area contributed by atoms with E-state index in [0.717, 1.165) is 24.6 Å². The summed E-state index contributed by atoms with van der Waals surface area (Å²) in [4.78, 5) is 2.12. The SMILES string of the molecule is N=C(N)c1ccc(Cl)cc1N1CCn2cnnc2C1. The lowest BCUT2D eigenvalue weighted by Gasteiger charge is -2.30. The van der Waals surface area contributed by atoms with Gasteiger partial charge in [0.25, 0.3) is 0 Å². The van der Waals surface area contributed by atoms with Crippen LogP contribution in [0.15, 0.2) is 24.5 Å². The zero-order valence-electron chi connectivity index (χ0n) is 10.2. The third kappa shape index (κ3) is 2.15. The number of hydrogen-bond acceptors (Lipinski definition) is 4. The van der Waals surface area contributed by atoms with Gasteiger partial charge in [0, 0.05) is 29.4 Å². The number of fused-ring (bicyclic) bond motifs is 1. The van der Waals surface area contributed by atoms with Crippen LogP contribution in [0.5, 0.6) is 0 Å². The molecule has 0 atom stereocenters. The third-order valence-corrected chi connectivity index (χ3v) is 3.46. The summed E-state index contributed by atoms with van der Waals surface area (Å²) < 4.78 is 2.02. The summed E-state index contributed by atoms with van der Waals surface area (Å²) in [5.41, 5.74) is 7.19. The van der Waals surface area contributed by atoms with E-state index in [-0.39, 0.29) is 5.84 Å². The van der Waals surface area contributed by atoms with Gasteiger partial charge in [-0.05, 0) is 18.2 Å². The number of amidine groups is 1. The smallest absolute Gasteiger partial charge is 0.152 e. The van der Waals surface area contributed by atoms with Crippen LogP contribution in [-0.2, 0) is 13.1 Å². The highest BCUT2D eigenvalue weighted by molar-refractivity contribution is 6.31. The van der Waals surface area contributed by atoms with Crippen molar-refractivity contribution in [3.63, 3.8) is 0 Å². The van der Waals surface area contributed by atoms with E-state index in [9.17, 15) is 0 Å². The van der Waals surface area contributed by atoms with E-state index in [1.807, 2.05) is 10.6 Å². The maximum atomic E-state index is 7.66. The van der Waals surface area contributed by atoms with Gasteiger partial charge in [0.2, 0.25) is 0 Å². The summed E-state index contributed by atoms with van der Waals surface area (Å²) in [6.45, 7) is 2.26. The Kier molecular flexibility index (Phi) is 2.87. The van der Waals surface area contributed by atoms with Crippen molar-refractivity contribution in [2.24, 2.45) is 5.73 Å². The second-order valence-electron chi connectivity index (χ2n) is 4.44. The Morgan fingerprint density at radius 2 is 2.21 bits per heavy atom. The minimum absolute atomic E-state index is 0.0405. The van der Waals surface area contributed by atoms with E-state index < -0.39 is 0 Å². The summed E-state index contributed by atoms with van der Waals surface area (Å²) in [6, 6.07) is 5.36. The lowest BCUT2D eigenvalue weighted by molar-refractivity contribution is 0.560. The van der Waals surface area contributed by atoms with Gasteiger partial charge in [-0.3, -0.25) is 5.41 Å². The highest BCUT2D eigenvalue weighted by Gasteiger charge is 2.20. The molecule has 0 aliphatic carbocycles. The molecule has 0 spiro atoms. The Morgan fingerprint density at radius 1 is 1.37 bits per heavy atom. The first kappa shape index (κ1) is 12.0. The number of benzene rings is 1. The number of rotatable bonds is 2. The maximum Gasteiger partial charge on any atom is 0.152 e. The van der Waals surface area contributed by atoms with Crippen molar-refractivity contribution in [2.45, 2.75) is 13.1 Å². The van der Waals surface area contributed by atoms with Gasteiger partial charge < -0.3 is 15.2 Å². The predicted octanol–water partition coefficient (Wildman–Crippen LogP) is 1.24. The van der Waals surface area contributed by atoms with E-state index in [2.05, 4.69) is 15.1 Å². The van der Waals surface area contributed by atoms with Crippen LogP contribution in [0.1, 0.15) is 11.4 Å². The molecule has 0 saturated carbocycles. The zero-order valence-corrected chi connectivity index (χ0v) is 10.9. The first-order valence-corrected chi connectivity index (χ1v) is 6.28. The van der Waals surface area contributed by atoms with Crippen LogP contribution >= 0.6 is 11.6 Å². The Labute approximate surface area is 115 Å². The molecule has 98 valence electrons. The fraction of sp³-hybridized carbons (Fsp3) is 0.250. The molecule has 0 bridgehead atoms. The molecule has 7 heteroatoms. The van der Waals surface area contributed by atoms with Gasteiger partial charge in [0.1, 0.15) is 12.2 Å². The van der Waals surface area contributed by atoms with E-state index in [4.69, 9.17) is 22.7 Å². The van der Waals surface area contributed by atoms with Gasteiger partial charge in [-0.15, -0.1) is 10.2 Å². The molecular weight excluding hydrogens is 264 g/mol. The van der Waals surface area contributed by atoms with Crippen molar-refractivity contribution in [3.05, 3.63) is 40.9 Å². The number of hydrogen-bond donors (Lipinski definition) is 2. The first-order valence-electron chi connectivity index (χ1n) is 5.91. The number of nitrogens with one attached hydrogen (secondary N) is 1. The van der Waals surface area contributed by atoms with Crippen molar-refractivity contribution < 1.29 is 0 Å². The van der Waals surface area contributed by atoms with Crippen LogP contribution in [0.25, 0.3) is 0 Å². The molecule has 0 radical (unpaired) electrons. The Hall–Kier alpha value is -2.08. The maximum absolute atomic E-state index is 7.66.